The molecule has 0 heterocycles. The van der Waals surface area contributed by atoms with Gasteiger partial charge in [-0.05, 0) is 12.1 Å². The second kappa shape index (κ2) is 7.38. The lowest BCUT2D eigenvalue weighted by Gasteiger charge is -2.12. The van der Waals surface area contributed by atoms with Gasteiger partial charge in [0.1, 0.15) is 5.75 Å². The summed E-state index contributed by atoms with van der Waals surface area (Å²) in [6.07, 6.45) is 0. The Morgan fingerprint density at radius 2 is 1.25 bits per heavy atom. The van der Waals surface area contributed by atoms with Crippen LogP contribution in [0.3, 0.4) is 0 Å². The number of phenolic OH excluding ortho intramolecular Hbond substituents is 2. The zero-order chi connectivity index (χ0) is 17.7. The molecule has 0 bridgehead atoms. The number of methoxy groups -OCH3 is 4. The van der Waals surface area contributed by atoms with Gasteiger partial charge in [0.2, 0.25) is 5.75 Å². The molecule has 0 amide bonds. The zero-order valence-corrected chi connectivity index (χ0v) is 13.8. The molecule has 0 aliphatic carbocycles. The van der Waals surface area contributed by atoms with Crippen LogP contribution in [0, 0.1) is 11.8 Å². The first-order valence-electron chi connectivity index (χ1n) is 6.96. The largest absolute Gasteiger partial charge is 0.506 e. The molecule has 0 aromatic heterocycles. The third kappa shape index (κ3) is 3.41. The van der Waals surface area contributed by atoms with Gasteiger partial charge >= 0.3 is 0 Å². The molecule has 0 atom stereocenters. The predicted octanol–water partition coefficient (Wildman–Crippen LogP) is 2.53. The number of ether oxygens (including phenoxy) is 4. The summed E-state index contributed by atoms with van der Waals surface area (Å²) in [5.41, 5.74) is 0.862. The second-order valence-electron chi connectivity index (χ2n) is 4.71. The van der Waals surface area contributed by atoms with E-state index in [1.165, 1.54) is 40.6 Å². The van der Waals surface area contributed by atoms with Crippen molar-refractivity contribution in [1.29, 1.82) is 0 Å². The van der Waals surface area contributed by atoms with E-state index in [-0.39, 0.29) is 22.8 Å². The normalized spacial score (nSPS) is 9.67. The van der Waals surface area contributed by atoms with Crippen molar-refractivity contribution in [2.45, 2.75) is 0 Å². The molecule has 2 aromatic carbocycles. The first-order chi connectivity index (χ1) is 11.5. The third-order valence-corrected chi connectivity index (χ3v) is 3.30. The fourth-order valence-electron chi connectivity index (χ4n) is 2.11. The van der Waals surface area contributed by atoms with Crippen molar-refractivity contribution < 1.29 is 29.2 Å². The summed E-state index contributed by atoms with van der Waals surface area (Å²) in [7, 11) is 5.95. The number of hydrogen-bond donors (Lipinski definition) is 2. The zero-order valence-electron chi connectivity index (χ0n) is 13.8. The minimum absolute atomic E-state index is 0.0930. The molecular formula is C18H18O6. The van der Waals surface area contributed by atoms with Crippen molar-refractivity contribution in [2.24, 2.45) is 0 Å². The molecule has 0 saturated heterocycles. The van der Waals surface area contributed by atoms with Gasteiger partial charge in [0.25, 0.3) is 0 Å². The summed E-state index contributed by atoms with van der Waals surface area (Å²) in [4.78, 5) is 0. The topological polar surface area (TPSA) is 77.4 Å². The minimum Gasteiger partial charge on any atom is -0.506 e. The lowest BCUT2D eigenvalue weighted by atomic mass is 10.1. The van der Waals surface area contributed by atoms with Crippen LogP contribution in [-0.2, 0) is 0 Å². The van der Waals surface area contributed by atoms with Crippen molar-refractivity contribution in [1.82, 2.24) is 0 Å². The van der Waals surface area contributed by atoms with Crippen LogP contribution < -0.4 is 18.9 Å². The molecule has 0 aliphatic heterocycles. The minimum atomic E-state index is -0.107. The Morgan fingerprint density at radius 3 is 1.75 bits per heavy atom. The van der Waals surface area contributed by atoms with E-state index >= 15 is 0 Å². The highest BCUT2D eigenvalue weighted by molar-refractivity contribution is 5.60. The van der Waals surface area contributed by atoms with E-state index in [0.29, 0.717) is 22.8 Å². The quantitative estimate of drug-likeness (QED) is 0.663. The molecule has 0 saturated carbocycles. The van der Waals surface area contributed by atoms with E-state index in [2.05, 4.69) is 11.8 Å². The van der Waals surface area contributed by atoms with Crippen molar-refractivity contribution >= 4 is 0 Å². The number of phenols is 2. The highest BCUT2D eigenvalue weighted by atomic mass is 16.5. The molecule has 6 heteroatoms. The third-order valence-electron chi connectivity index (χ3n) is 3.30. The van der Waals surface area contributed by atoms with E-state index in [1.54, 1.807) is 12.1 Å². The molecule has 126 valence electrons. The van der Waals surface area contributed by atoms with Gasteiger partial charge in [-0.3, -0.25) is 0 Å². The number of aromatic hydroxyl groups is 2. The van der Waals surface area contributed by atoms with Gasteiger partial charge in [-0.15, -0.1) is 0 Å². The van der Waals surface area contributed by atoms with Crippen LogP contribution >= 0.6 is 0 Å². The molecular weight excluding hydrogens is 312 g/mol. The fourth-order valence-corrected chi connectivity index (χ4v) is 2.11. The van der Waals surface area contributed by atoms with Crippen molar-refractivity contribution in [3.63, 3.8) is 0 Å². The van der Waals surface area contributed by atoms with Crippen molar-refractivity contribution in [3.05, 3.63) is 35.4 Å². The van der Waals surface area contributed by atoms with E-state index < -0.39 is 0 Å². The Kier molecular flexibility index (Phi) is 5.27. The molecule has 2 aromatic rings. The highest BCUT2D eigenvalue weighted by Gasteiger charge is 2.12. The van der Waals surface area contributed by atoms with Crippen LogP contribution in [-0.4, -0.2) is 38.7 Å². The van der Waals surface area contributed by atoms with E-state index in [4.69, 9.17) is 18.9 Å². The Balaban J connectivity index is 2.46. The molecule has 0 fully saturated rings. The number of hydrogen-bond acceptors (Lipinski definition) is 6. The Bertz CT molecular complexity index is 776. The number of rotatable bonds is 4. The Labute approximate surface area is 140 Å². The lowest BCUT2D eigenvalue weighted by Crippen LogP contribution is -1.95. The first-order valence-corrected chi connectivity index (χ1v) is 6.96. The standard InChI is InChI=1S/C18H18O6/c1-21-15-10-13(19)12(9-14(15)20)6-5-11-7-16(22-2)18(24-4)17(8-11)23-3/h7-10,19-20H,1-4H3. The first kappa shape index (κ1) is 17.2. The maximum Gasteiger partial charge on any atom is 0.203 e. The fraction of sp³-hybridized carbons (Fsp3) is 0.222. The summed E-state index contributed by atoms with van der Waals surface area (Å²) >= 11 is 0. The average Bonchev–Trinajstić information content (AvgIpc) is 2.60. The van der Waals surface area contributed by atoms with Crippen LogP contribution in [0.25, 0.3) is 0 Å². The van der Waals surface area contributed by atoms with Crippen molar-refractivity contribution in [2.75, 3.05) is 28.4 Å². The summed E-state index contributed by atoms with van der Waals surface area (Å²) in [6.45, 7) is 0. The molecule has 0 radical (unpaired) electrons. The molecule has 0 unspecified atom stereocenters. The van der Waals surface area contributed by atoms with Gasteiger partial charge in [0.05, 0.1) is 34.0 Å². The van der Waals surface area contributed by atoms with Crippen LogP contribution in [0.2, 0.25) is 0 Å². The highest BCUT2D eigenvalue weighted by Crippen LogP contribution is 2.38. The van der Waals surface area contributed by atoms with Crippen molar-refractivity contribution in [3.8, 4) is 46.3 Å². The van der Waals surface area contributed by atoms with Gasteiger partial charge < -0.3 is 29.2 Å². The average molecular weight is 330 g/mol. The monoisotopic (exact) mass is 330 g/mol. The Hall–Kier alpha value is -3.20. The summed E-state index contributed by atoms with van der Waals surface area (Å²) in [6, 6.07) is 6.01. The van der Waals surface area contributed by atoms with Crippen LogP contribution in [0.1, 0.15) is 11.1 Å². The van der Waals surface area contributed by atoms with E-state index in [1.807, 2.05) is 0 Å². The summed E-state index contributed by atoms with van der Waals surface area (Å²) < 4.78 is 20.7. The van der Waals surface area contributed by atoms with E-state index in [9.17, 15) is 10.2 Å². The smallest absolute Gasteiger partial charge is 0.203 e. The maximum absolute atomic E-state index is 9.95. The summed E-state index contributed by atoms with van der Waals surface area (Å²) in [5.74, 6) is 7.07. The number of benzene rings is 2. The molecule has 6 nitrogen and oxygen atoms in total. The molecule has 0 aliphatic rings. The summed E-state index contributed by atoms with van der Waals surface area (Å²) in [5, 5.41) is 19.7. The van der Waals surface area contributed by atoms with Gasteiger partial charge in [0, 0.05) is 17.7 Å². The van der Waals surface area contributed by atoms with Gasteiger partial charge in [-0.25, -0.2) is 0 Å². The van der Waals surface area contributed by atoms with Gasteiger partial charge in [-0.2, -0.15) is 0 Å². The predicted molar refractivity (Wildman–Crippen MR) is 88.4 cm³/mol. The Morgan fingerprint density at radius 1 is 0.667 bits per heavy atom. The molecule has 2 rings (SSSR count). The van der Waals surface area contributed by atoms with Gasteiger partial charge in [-0.1, -0.05) is 11.8 Å². The second-order valence-corrected chi connectivity index (χ2v) is 4.71. The molecule has 0 spiro atoms. The van der Waals surface area contributed by atoms with Crippen LogP contribution in [0.15, 0.2) is 24.3 Å². The van der Waals surface area contributed by atoms with Gasteiger partial charge in [0.15, 0.2) is 23.0 Å². The lowest BCUT2D eigenvalue weighted by molar-refractivity contribution is 0.324. The van der Waals surface area contributed by atoms with E-state index in [0.717, 1.165) is 0 Å². The maximum atomic E-state index is 9.95. The van der Waals surface area contributed by atoms with Crippen LogP contribution in [0.4, 0.5) is 0 Å². The molecule has 24 heavy (non-hydrogen) atoms. The van der Waals surface area contributed by atoms with Crippen LogP contribution in [0.5, 0.6) is 34.5 Å². The SMILES string of the molecule is COc1cc(O)c(C#Cc2cc(OC)c(OC)c(OC)c2)cc1O. The molecule has 2 N–H and O–H groups in total.